The van der Waals surface area contributed by atoms with Gasteiger partial charge in [-0.25, -0.2) is 23.4 Å². The average molecular weight is 360 g/mol. The molecular formula is C15H16N6O3S. The van der Waals surface area contributed by atoms with Crippen LogP contribution < -0.4 is 16.0 Å². The van der Waals surface area contributed by atoms with Crippen LogP contribution in [0.4, 0.5) is 11.8 Å². The van der Waals surface area contributed by atoms with Crippen molar-refractivity contribution in [1.29, 1.82) is 0 Å². The maximum absolute atomic E-state index is 12.6. The minimum atomic E-state index is -3.62. The molecule has 130 valence electrons. The predicted molar refractivity (Wildman–Crippen MR) is 95.6 cm³/mol. The van der Waals surface area contributed by atoms with E-state index in [0.29, 0.717) is 23.2 Å². The van der Waals surface area contributed by atoms with Crippen LogP contribution in [0.25, 0.3) is 22.0 Å². The monoisotopic (exact) mass is 360 g/mol. The van der Waals surface area contributed by atoms with Gasteiger partial charge in [0.2, 0.25) is 16.0 Å². The van der Waals surface area contributed by atoms with Crippen molar-refractivity contribution in [2.24, 2.45) is 0 Å². The lowest BCUT2D eigenvalue weighted by Gasteiger charge is -2.11. The third-order valence-corrected chi connectivity index (χ3v) is 4.11. The molecule has 0 unspecified atom stereocenters. The molecule has 0 aromatic carbocycles. The largest absolute Gasteiger partial charge is 0.368 e. The Hall–Kier alpha value is -3.01. The maximum atomic E-state index is 12.6. The molecule has 0 aliphatic rings. The first-order valence-corrected chi connectivity index (χ1v) is 9.27. The third-order valence-electron chi connectivity index (χ3n) is 3.55. The van der Waals surface area contributed by atoms with Crippen molar-refractivity contribution < 1.29 is 8.42 Å². The van der Waals surface area contributed by atoms with Crippen molar-refractivity contribution >= 4 is 32.6 Å². The van der Waals surface area contributed by atoms with Gasteiger partial charge in [0.1, 0.15) is 0 Å². The van der Waals surface area contributed by atoms with Crippen LogP contribution in [0.1, 0.15) is 6.92 Å². The maximum Gasteiger partial charge on any atom is 0.262 e. The smallest absolute Gasteiger partial charge is 0.262 e. The molecule has 0 radical (unpaired) electrons. The first kappa shape index (κ1) is 16.8. The highest BCUT2D eigenvalue weighted by Gasteiger charge is 2.15. The van der Waals surface area contributed by atoms with Crippen LogP contribution in [0.3, 0.4) is 0 Å². The number of nitrogen functional groups attached to an aromatic ring is 1. The molecule has 3 rings (SSSR count). The molecule has 0 bridgehead atoms. The van der Waals surface area contributed by atoms with Crippen LogP contribution in [-0.2, 0) is 16.6 Å². The van der Waals surface area contributed by atoms with E-state index in [1.165, 1.54) is 17.0 Å². The second-order valence-corrected chi connectivity index (χ2v) is 7.18. The summed E-state index contributed by atoms with van der Waals surface area (Å²) in [5.74, 6) is 0.0875. The molecule has 3 heterocycles. The molecule has 0 spiro atoms. The molecular weight excluding hydrogens is 344 g/mol. The van der Waals surface area contributed by atoms with Gasteiger partial charge in [-0.2, -0.15) is 0 Å². The molecule has 3 aromatic heterocycles. The van der Waals surface area contributed by atoms with Gasteiger partial charge in [0, 0.05) is 30.7 Å². The normalized spacial score (nSPS) is 11.6. The molecule has 9 nitrogen and oxygen atoms in total. The van der Waals surface area contributed by atoms with Gasteiger partial charge in [0.15, 0.2) is 5.82 Å². The van der Waals surface area contributed by atoms with Gasteiger partial charge in [0.25, 0.3) is 5.56 Å². The van der Waals surface area contributed by atoms with Gasteiger partial charge < -0.3 is 10.3 Å². The van der Waals surface area contributed by atoms with Crippen molar-refractivity contribution in [3.05, 3.63) is 41.1 Å². The number of nitrogens with one attached hydrogen (secondary N) is 1. The van der Waals surface area contributed by atoms with Gasteiger partial charge in [0.05, 0.1) is 17.3 Å². The van der Waals surface area contributed by atoms with Crippen molar-refractivity contribution in [3.63, 3.8) is 0 Å². The Morgan fingerprint density at radius 3 is 2.56 bits per heavy atom. The Kier molecular flexibility index (Phi) is 4.13. The van der Waals surface area contributed by atoms with E-state index in [9.17, 15) is 13.2 Å². The van der Waals surface area contributed by atoms with Gasteiger partial charge in [-0.3, -0.25) is 9.52 Å². The summed E-state index contributed by atoms with van der Waals surface area (Å²) in [7, 11) is -3.62. The predicted octanol–water partition coefficient (Wildman–Crippen LogP) is 0.827. The lowest BCUT2D eigenvalue weighted by Crippen LogP contribution is -2.21. The molecule has 0 aliphatic carbocycles. The average Bonchev–Trinajstić information content (AvgIpc) is 2.54. The fourth-order valence-corrected chi connectivity index (χ4v) is 2.92. The lowest BCUT2D eigenvalue weighted by molar-refractivity contribution is 0.606. The zero-order valence-electron chi connectivity index (χ0n) is 13.6. The molecule has 3 N–H and O–H groups in total. The minimum absolute atomic E-state index is 0.0281. The number of hydrogen-bond acceptors (Lipinski definition) is 7. The summed E-state index contributed by atoms with van der Waals surface area (Å²) in [5.41, 5.74) is 6.13. The number of aryl methyl sites for hydroxylation is 1. The fourth-order valence-electron chi connectivity index (χ4n) is 2.42. The molecule has 0 atom stereocenters. The summed E-state index contributed by atoms with van der Waals surface area (Å²) in [4.78, 5) is 24.7. The molecule has 0 aliphatic heterocycles. The Morgan fingerprint density at radius 2 is 1.96 bits per heavy atom. The van der Waals surface area contributed by atoms with Crippen LogP contribution in [0, 0.1) is 0 Å². The van der Waals surface area contributed by atoms with Crippen molar-refractivity contribution in [1.82, 2.24) is 19.5 Å². The van der Waals surface area contributed by atoms with Crippen LogP contribution >= 0.6 is 0 Å². The highest BCUT2D eigenvalue weighted by Crippen LogP contribution is 2.25. The number of sulfonamides is 1. The first-order chi connectivity index (χ1) is 11.8. The zero-order valence-corrected chi connectivity index (χ0v) is 14.4. The van der Waals surface area contributed by atoms with E-state index in [-0.39, 0.29) is 22.7 Å². The Balaban J connectivity index is 2.32. The number of pyridine rings is 2. The highest BCUT2D eigenvalue weighted by atomic mass is 32.2. The first-order valence-electron chi connectivity index (χ1n) is 7.38. The molecule has 0 fully saturated rings. The van der Waals surface area contributed by atoms with E-state index in [1.54, 1.807) is 18.3 Å². The van der Waals surface area contributed by atoms with Crippen molar-refractivity contribution in [3.8, 4) is 11.3 Å². The number of fused-ring (bicyclic) bond motifs is 1. The standard InChI is InChI=1S/C15H16N6O3S/c1-3-21-5-4-9-6-11(10-7-17-15(16)18-8-10)19-13(12(9)14(21)22)20-25(2,23)24/h4-8H,3H2,1-2H3,(H,19,20)(H2,16,17,18). The van der Waals surface area contributed by atoms with E-state index in [2.05, 4.69) is 19.7 Å². The van der Waals surface area contributed by atoms with Crippen LogP contribution in [0.5, 0.6) is 0 Å². The topological polar surface area (TPSA) is 133 Å². The molecule has 25 heavy (non-hydrogen) atoms. The van der Waals surface area contributed by atoms with E-state index in [1.807, 2.05) is 6.92 Å². The Bertz CT molecular complexity index is 1110. The zero-order chi connectivity index (χ0) is 18.2. The second kappa shape index (κ2) is 6.13. The summed E-state index contributed by atoms with van der Waals surface area (Å²) >= 11 is 0. The third kappa shape index (κ3) is 3.43. The number of nitrogens with two attached hydrogens (primary N) is 1. The van der Waals surface area contributed by atoms with E-state index in [4.69, 9.17) is 5.73 Å². The fraction of sp³-hybridized carbons (Fsp3) is 0.200. The number of rotatable bonds is 4. The Labute approximate surface area is 143 Å². The molecule has 10 heteroatoms. The van der Waals surface area contributed by atoms with E-state index >= 15 is 0 Å². The van der Waals surface area contributed by atoms with Gasteiger partial charge in [-0.1, -0.05) is 0 Å². The number of hydrogen-bond donors (Lipinski definition) is 2. The molecule has 0 amide bonds. The van der Waals surface area contributed by atoms with Gasteiger partial charge in [-0.05, 0) is 24.4 Å². The van der Waals surface area contributed by atoms with E-state index in [0.717, 1.165) is 6.26 Å². The van der Waals surface area contributed by atoms with E-state index < -0.39 is 10.0 Å². The summed E-state index contributed by atoms with van der Waals surface area (Å²) < 4.78 is 27.2. The summed E-state index contributed by atoms with van der Waals surface area (Å²) in [6.07, 6.45) is 5.61. The summed E-state index contributed by atoms with van der Waals surface area (Å²) in [5, 5.41) is 0.762. The quantitative estimate of drug-likeness (QED) is 0.704. The highest BCUT2D eigenvalue weighted by molar-refractivity contribution is 7.92. The van der Waals surface area contributed by atoms with Crippen molar-refractivity contribution in [2.45, 2.75) is 13.5 Å². The van der Waals surface area contributed by atoms with Crippen LogP contribution in [0.15, 0.2) is 35.5 Å². The summed E-state index contributed by atoms with van der Waals surface area (Å²) in [6.45, 7) is 2.28. The molecule has 0 saturated heterocycles. The van der Waals surface area contributed by atoms with Crippen molar-refractivity contribution in [2.75, 3.05) is 16.7 Å². The lowest BCUT2D eigenvalue weighted by atomic mass is 10.1. The Morgan fingerprint density at radius 1 is 1.28 bits per heavy atom. The van der Waals surface area contributed by atoms with Gasteiger partial charge >= 0.3 is 0 Å². The van der Waals surface area contributed by atoms with Crippen LogP contribution in [-0.4, -0.2) is 34.2 Å². The SMILES string of the molecule is CCn1ccc2cc(-c3cnc(N)nc3)nc(NS(C)(=O)=O)c2c1=O. The second-order valence-electron chi connectivity index (χ2n) is 5.43. The van der Waals surface area contributed by atoms with Gasteiger partial charge in [-0.15, -0.1) is 0 Å². The number of nitrogens with zero attached hydrogens (tertiary/aromatic N) is 4. The summed E-state index contributed by atoms with van der Waals surface area (Å²) in [6, 6.07) is 3.41. The van der Waals surface area contributed by atoms with Crippen LogP contribution in [0.2, 0.25) is 0 Å². The molecule has 3 aromatic rings. The number of anilines is 2. The number of aromatic nitrogens is 4. The minimum Gasteiger partial charge on any atom is -0.368 e. The molecule has 0 saturated carbocycles.